The number of Topliss-reactive ketones (excluding diaryl/α,β-unsaturated/α-hetero) is 2. The lowest BCUT2D eigenvalue weighted by Gasteiger charge is -2.56. The maximum Gasteiger partial charge on any atom is 0.190 e. The summed E-state index contributed by atoms with van der Waals surface area (Å²) in [6.07, 6.45) is 7.49. The van der Waals surface area contributed by atoms with E-state index < -0.39 is 28.8 Å². The van der Waals surface area contributed by atoms with Crippen LogP contribution in [-0.4, -0.2) is 39.8 Å². The summed E-state index contributed by atoms with van der Waals surface area (Å²) in [6.45, 7) is 5.05. The first-order chi connectivity index (χ1) is 12.6. The fourth-order valence-electron chi connectivity index (χ4n) is 7.08. The molecule has 0 saturated heterocycles. The van der Waals surface area contributed by atoms with Gasteiger partial charge in [-0.1, -0.05) is 32.4 Å². The molecule has 146 valence electrons. The number of hydrogen-bond acceptors (Lipinski definition) is 5. The Labute approximate surface area is 159 Å². The van der Waals surface area contributed by atoms with Crippen LogP contribution < -0.4 is 0 Å². The lowest BCUT2D eigenvalue weighted by atomic mass is 9.46. The number of carbonyl (C=O) groups excluding carboxylic acids is 3. The van der Waals surface area contributed by atoms with Crippen molar-refractivity contribution in [3.05, 3.63) is 23.8 Å². The lowest BCUT2D eigenvalue weighted by Crippen LogP contribution is -2.61. The predicted octanol–water partition coefficient (Wildman–Crippen LogP) is 2.01. The number of carbonyl (C=O) groups is 3. The van der Waals surface area contributed by atoms with E-state index in [0.29, 0.717) is 6.42 Å². The summed E-state index contributed by atoms with van der Waals surface area (Å²) in [4.78, 5) is 37.8. The molecular weight excluding hydrogens is 344 g/mol. The van der Waals surface area contributed by atoms with Crippen molar-refractivity contribution in [2.75, 3.05) is 6.61 Å². The Morgan fingerprint density at radius 1 is 1.30 bits per heavy atom. The van der Waals surface area contributed by atoms with Crippen LogP contribution in [0.25, 0.3) is 0 Å². The molecule has 5 heteroatoms. The summed E-state index contributed by atoms with van der Waals surface area (Å²) in [5.74, 6) is -0.947. The topological polar surface area (TPSA) is 91.7 Å². The molecule has 4 aliphatic carbocycles. The Kier molecular flexibility index (Phi) is 3.97. The minimum atomic E-state index is -1.66. The molecule has 7 atom stereocenters. The Morgan fingerprint density at radius 2 is 2.00 bits per heavy atom. The molecule has 4 aliphatic rings. The molecule has 4 rings (SSSR count). The Morgan fingerprint density at radius 3 is 2.67 bits per heavy atom. The highest BCUT2D eigenvalue weighted by Crippen LogP contribution is 2.67. The number of allylic oxidation sites excluding steroid dienone is 4. The molecule has 0 radical (unpaired) electrons. The second-order valence-electron chi connectivity index (χ2n) is 9.52. The first-order valence-corrected chi connectivity index (χ1v) is 9.93. The normalized spacial score (nSPS) is 48.6. The van der Waals surface area contributed by atoms with Gasteiger partial charge in [0.1, 0.15) is 18.0 Å². The summed E-state index contributed by atoms with van der Waals surface area (Å²) in [6, 6.07) is 0. The minimum absolute atomic E-state index is 0.0218. The third-order valence-corrected chi connectivity index (χ3v) is 8.41. The molecule has 0 bridgehead atoms. The maximum atomic E-state index is 13.4. The van der Waals surface area contributed by atoms with Crippen molar-refractivity contribution in [2.45, 2.75) is 52.1 Å². The molecule has 5 nitrogen and oxygen atoms in total. The molecule has 3 saturated carbocycles. The van der Waals surface area contributed by atoms with Crippen molar-refractivity contribution in [1.82, 2.24) is 0 Å². The van der Waals surface area contributed by atoms with Crippen LogP contribution in [0, 0.1) is 34.5 Å². The van der Waals surface area contributed by atoms with Crippen LogP contribution in [-0.2, 0) is 14.4 Å². The molecular formula is C22H28O5. The van der Waals surface area contributed by atoms with Crippen LogP contribution in [0.2, 0.25) is 0 Å². The summed E-state index contributed by atoms with van der Waals surface area (Å²) < 4.78 is 0. The largest absolute Gasteiger partial charge is 0.388 e. The molecule has 0 aromatic heterocycles. The van der Waals surface area contributed by atoms with Gasteiger partial charge in [-0.05, 0) is 49.2 Å². The number of aliphatic hydroxyl groups excluding tert-OH is 1. The molecule has 0 spiro atoms. The fraction of sp³-hybridized carbons (Fsp3) is 0.682. The molecule has 2 unspecified atom stereocenters. The van der Waals surface area contributed by atoms with Crippen LogP contribution in [0.5, 0.6) is 0 Å². The quantitative estimate of drug-likeness (QED) is 0.774. The van der Waals surface area contributed by atoms with E-state index in [2.05, 4.69) is 0 Å². The standard InChI is InChI=1S/C22H28O5/c1-12-8-16-15-5-4-13-9-14(24)6-7-20(13,2)19(15)17(25)10-21(16,3)22(12,27)18(26)11-23/h6-7,9,12,15-16,19,23,27H,4-5,8,10-11H2,1-3H3/t12-,15-,16-,19+,20?,21?,22-/m0/s1. The van der Waals surface area contributed by atoms with E-state index in [4.69, 9.17) is 0 Å². The second-order valence-corrected chi connectivity index (χ2v) is 9.52. The van der Waals surface area contributed by atoms with E-state index in [0.717, 1.165) is 18.4 Å². The molecule has 0 heterocycles. The van der Waals surface area contributed by atoms with Gasteiger partial charge >= 0.3 is 0 Å². The van der Waals surface area contributed by atoms with Crippen LogP contribution in [0.4, 0.5) is 0 Å². The van der Waals surface area contributed by atoms with E-state index >= 15 is 0 Å². The average Bonchev–Trinajstić information content (AvgIpc) is 2.82. The van der Waals surface area contributed by atoms with Gasteiger partial charge in [0.15, 0.2) is 11.6 Å². The van der Waals surface area contributed by atoms with Gasteiger partial charge in [0.05, 0.1) is 0 Å². The van der Waals surface area contributed by atoms with Crippen LogP contribution in [0.15, 0.2) is 23.8 Å². The summed E-state index contributed by atoms with van der Waals surface area (Å²) >= 11 is 0. The third kappa shape index (κ3) is 2.16. The minimum Gasteiger partial charge on any atom is -0.388 e. The van der Waals surface area contributed by atoms with Crippen molar-refractivity contribution in [1.29, 1.82) is 0 Å². The maximum absolute atomic E-state index is 13.4. The number of hydrogen-bond donors (Lipinski definition) is 2. The molecule has 2 N–H and O–H groups in total. The van der Waals surface area contributed by atoms with E-state index in [1.54, 1.807) is 12.2 Å². The van der Waals surface area contributed by atoms with Crippen LogP contribution >= 0.6 is 0 Å². The SMILES string of the molecule is C[C@H]1C[C@H]2[C@@H]3CCC4=CC(=O)C=CC4(C)[C@H]3C(=O)CC2(C)[C@@]1(O)C(=O)CO. The smallest absolute Gasteiger partial charge is 0.190 e. The van der Waals surface area contributed by atoms with Gasteiger partial charge in [0, 0.05) is 23.2 Å². The molecule has 0 aromatic carbocycles. The first-order valence-electron chi connectivity index (χ1n) is 9.93. The number of fused-ring (bicyclic) bond motifs is 5. The highest BCUT2D eigenvalue weighted by molar-refractivity contribution is 6.02. The summed E-state index contributed by atoms with van der Waals surface area (Å²) in [7, 11) is 0. The Bertz CT molecular complexity index is 795. The van der Waals surface area contributed by atoms with E-state index in [9.17, 15) is 24.6 Å². The van der Waals surface area contributed by atoms with Crippen molar-refractivity contribution in [2.24, 2.45) is 34.5 Å². The molecule has 0 amide bonds. The van der Waals surface area contributed by atoms with Crippen LogP contribution in [0.3, 0.4) is 0 Å². The van der Waals surface area contributed by atoms with Crippen molar-refractivity contribution < 1.29 is 24.6 Å². The van der Waals surface area contributed by atoms with Gasteiger partial charge in [0.2, 0.25) is 0 Å². The lowest BCUT2D eigenvalue weighted by molar-refractivity contribution is -0.173. The van der Waals surface area contributed by atoms with Gasteiger partial charge in [0.25, 0.3) is 0 Å². The zero-order valence-electron chi connectivity index (χ0n) is 16.2. The van der Waals surface area contributed by atoms with Gasteiger partial charge in [-0.3, -0.25) is 14.4 Å². The number of ketones is 3. The second kappa shape index (κ2) is 5.71. The zero-order valence-corrected chi connectivity index (χ0v) is 16.2. The van der Waals surface area contributed by atoms with Crippen molar-refractivity contribution in [3.63, 3.8) is 0 Å². The highest BCUT2D eigenvalue weighted by atomic mass is 16.3. The Hall–Kier alpha value is -1.59. The van der Waals surface area contributed by atoms with E-state index in [1.807, 2.05) is 26.8 Å². The van der Waals surface area contributed by atoms with Crippen molar-refractivity contribution >= 4 is 17.3 Å². The third-order valence-electron chi connectivity index (χ3n) is 8.41. The summed E-state index contributed by atoms with van der Waals surface area (Å²) in [5.41, 5.74) is -1.94. The first kappa shape index (κ1) is 18.8. The van der Waals surface area contributed by atoms with Gasteiger partial charge in [-0.15, -0.1) is 0 Å². The highest BCUT2D eigenvalue weighted by Gasteiger charge is 2.70. The molecule has 0 aromatic rings. The molecule has 27 heavy (non-hydrogen) atoms. The Balaban J connectivity index is 1.79. The monoisotopic (exact) mass is 372 g/mol. The fourth-order valence-corrected chi connectivity index (χ4v) is 7.08. The van der Waals surface area contributed by atoms with Gasteiger partial charge < -0.3 is 10.2 Å². The molecule has 0 aliphatic heterocycles. The van der Waals surface area contributed by atoms with Crippen molar-refractivity contribution in [3.8, 4) is 0 Å². The number of aliphatic hydroxyl groups is 2. The van der Waals surface area contributed by atoms with Crippen LogP contribution in [0.1, 0.15) is 46.5 Å². The van der Waals surface area contributed by atoms with E-state index in [1.165, 1.54) is 0 Å². The van der Waals surface area contributed by atoms with Gasteiger partial charge in [-0.2, -0.15) is 0 Å². The summed E-state index contributed by atoms with van der Waals surface area (Å²) in [5, 5.41) is 20.8. The number of rotatable bonds is 2. The molecule has 3 fully saturated rings. The van der Waals surface area contributed by atoms with Gasteiger partial charge in [-0.25, -0.2) is 0 Å². The average molecular weight is 372 g/mol. The zero-order chi connectivity index (χ0) is 19.8. The van der Waals surface area contributed by atoms with E-state index in [-0.39, 0.29) is 41.7 Å². The predicted molar refractivity (Wildman–Crippen MR) is 98.6 cm³/mol.